The van der Waals surface area contributed by atoms with E-state index < -0.39 is 0 Å². The van der Waals surface area contributed by atoms with Crippen molar-refractivity contribution in [3.63, 3.8) is 0 Å². The molecule has 0 amide bonds. The van der Waals surface area contributed by atoms with Gasteiger partial charge in [-0.3, -0.25) is 4.98 Å². The molecule has 5 aromatic rings. The molecule has 0 unspecified atom stereocenters. The Bertz CT molecular complexity index is 1860. The normalized spacial score (nSPS) is 12.6. The Morgan fingerprint density at radius 3 is 1.95 bits per heavy atom. The maximum absolute atomic E-state index is 6.34. The van der Waals surface area contributed by atoms with Crippen molar-refractivity contribution in [3.05, 3.63) is 133 Å². The molecule has 1 aliphatic rings. The van der Waals surface area contributed by atoms with Gasteiger partial charge in [0.05, 0.1) is 11.8 Å². The van der Waals surface area contributed by atoms with E-state index >= 15 is 0 Å². The summed E-state index contributed by atoms with van der Waals surface area (Å²) in [5.74, 6) is 3.10. The van der Waals surface area contributed by atoms with Gasteiger partial charge in [-0.15, -0.1) is 0 Å². The number of para-hydroxylation sites is 1. The van der Waals surface area contributed by atoms with Crippen LogP contribution >= 0.6 is 0 Å². The summed E-state index contributed by atoms with van der Waals surface area (Å²) in [4.78, 5) is 4.90. The molecule has 1 aromatic heterocycles. The Morgan fingerprint density at radius 1 is 0.643 bits per heavy atom. The molecule has 6 rings (SSSR count). The molecule has 0 saturated heterocycles. The molecule has 206 valence electrons. The topological polar surface area (TPSA) is 37.4 Å². The van der Waals surface area contributed by atoms with Gasteiger partial charge in [-0.1, -0.05) is 78.5 Å². The quantitative estimate of drug-likeness (QED) is 0.189. The highest BCUT2D eigenvalue weighted by Gasteiger charge is 2.25. The minimum absolute atomic E-state index is 0.177. The largest absolute Gasteiger partial charge is 0.495 e. The van der Waals surface area contributed by atoms with E-state index in [9.17, 15) is 0 Å². The van der Waals surface area contributed by atoms with Crippen LogP contribution in [0.5, 0.6) is 23.0 Å². The van der Waals surface area contributed by atoms with Crippen molar-refractivity contribution in [2.45, 2.75) is 26.2 Å². The molecule has 0 fully saturated rings. The average molecular weight is 552 g/mol. The number of pyridine rings is 1. The number of aromatic nitrogens is 1. The molecule has 5 nitrogen and oxygen atoms in total. The van der Waals surface area contributed by atoms with Gasteiger partial charge in [0.2, 0.25) is 11.9 Å². The molecule has 4 aromatic carbocycles. The standard InChI is InChI=1S/C37H33N3O2/c1-37(2,3)35-34(27-11-8-16-31(23-27)41-30-14-6-5-7-15-30)19-20-38-36(35)28-12-9-17-32(24-28)42-33-18-10-13-29(25-33)40-22-21-39(4)26-40/h5-25H,1-4H3/q+2. The van der Waals surface area contributed by atoms with Gasteiger partial charge >= 0.3 is 6.01 Å². The lowest BCUT2D eigenvalue weighted by atomic mass is 9.79. The second-order valence-electron chi connectivity index (χ2n) is 11.3. The highest BCUT2D eigenvalue weighted by molar-refractivity contribution is 5.78. The monoisotopic (exact) mass is 551 g/mol. The van der Waals surface area contributed by atoms with Crippen LogP contribution in [0.4, 0.5) is 5.69 Å². The van der Waals surface area contributed by atoms with Gasteiger partial charge in [0.25, 0.3) is 6.20 Å². The molecule has 0 spiro atoms. The number of rotatable bonds is 7. The van der Waals surface area contributed by atoms with Crippen LogP contribution in [-0.2, 0) is 5.41 Å². The molecule has 42 heavy (non-hydrogen) atoms. The Labute approximate surface area is 247 Å². The van der Waals surface area contributed by atoms with Gasteiger partial charge in [-0.2, -0.15) is 0 Å². The second-order valence-corrected chi connectivity index (χ2v) is 11.3. The smallest absolute Gasteiger partial charge is 0.457 e. The predicted octanol–water partition coefficient (Wildman–Crippen LogP) is 9.24. The number of ether oxygens (including phenoxy) is 2. The van der Waals surface area contributed by atoms with Crippen molar-refractivity contribution in [1.29, 1.82) is 0 Å². The number of nitrogens with zero attached hydrogens (tertiary/aromatic N) is 3. The van der Waals surface area contributed by atoms with Crippen molar-refractivity contribution in [2.75, 3.05) is 7.05 Å². The fraction of sp³-hybridized carbons (Fsp3) is 0.135. The lowest BCUT2D eigenvalue weighted by Crippen LogP contribution is -2.15. The summed E-state index contributed by atoms with van der Waals surface area (Å²) in [5.41, 5.74) is 6.10. The van der Waals surface area contributed by atoms with Crippen molar-refractivity contribution in [2.24, 2.45) is 0 Å². The Balaban J connectivity index is 1.35. The molecule has 0 saturated carbocycles. The van der Waals surface area contributed by atoms with Crippen LogP contribution in [0.15, 0.2) is 128 Å². The first kappa shape index (κ1) is 26.9. The van der Waals surface area contributed by atoms with Crippen LogP contribution in [0.2, 0.25) is 0 Å². The van der Waals surface area contributed by atoms with Crippen molar-refractivity contribution < 1.29 is 18.6 Å². The highest BCUT2D eigenvalue weighted by atomic mass is 16.5. The maximum Gasteiger partial charge on any atom is 0.495 e. The summed E-state index contributed by atoms with van der Waals surface area (Å²) < 4.78 is 16.3. The zero-order chi connectivity index (χ0) is 29.1. The SMILES string of the molecule is C[N+]1=C=[N+](c2cccc(Oc3cccc(-c4nccc(-c5cccc(Oc6ccccc6)c5)c4C(C)(C)C)c3)c2)C=C1. The molecule has 0 radical (unpaired) electrons. The Kier molecular flexibility index (Phi) is 7.26. The zero-order valence-electron chi connectivity index (χ0n) is 24.3. The van der Waals surface area contributed by atoms with Crippen LogP contribution < -0.4 is 9.47 Å². The van der Waals surface area contributed by atoms with Crippen molar-refractivity contribution in [1.82, 2.24) is 4.98 Å². The lowest BCUT2D eigenvalue weighted by Gasteiger charge is -2.26. The highest BCUT2D eigenvalue weighted by Crippen LogP contribution is 2.41. The van der Waals surface area contributed by atoms with E-state index in [1.54, 1.807) is 0 Å². The van der Waals surface area contributed by atoms with E-state index in [4.69, 9.17) is 14.5 Å². The Morgan fingerprint density at radius 2 is 1.26 bits per heavy atom. The van der Waals surface area contributed by atoms with E-state index in [0.29, 0.717) is 0 Å². The molecule has 0 aliphatic carbocycles. The summed E-state index contributed by atoms with van der Waals surface area (Å²) >= 11 is 0. The fourth-order valence-corrected chi connectivity index (χ4v) is 5.12. The third-order valence-corrected chi connectivity index (χ3v) is 6.97. The van der Waals surface area contributed by atoms with Gasteiger partial charge in [0.1, 0.15) is 23.0 Å². The number of hydrogen-bond donors (Lipinski definition) is 0. The van der Waals surface area contributed by atoms with Crippen molar-refractivity contribution >= 4 is 11.7 Å². The fourth-order valence-electron chi connectivity index (χ4n) is 5.12. The van der Waals surface area contributed by atoms with Crippen LogP contribution in [0.3, 0.4) is 0 Å². The van der Waals surface area contributed by atoms with Crippen LogP contribution in [0, 0.1) is 0 Å². The van der Waals surface area contributed by atoms with E-state index in [0.717, 1.165) is 56.6 Å². The van der Waals surface area contributed by atoms with Crippen LogP contribution in [0.25, 0.3) is 22.4 Å². The van der Waals surface area contributed by atoms with Gasteiger partial charge in [-0.05, 0) is 70.6 Å². The van der Waals surface area contributed by atoms with E-state index in [1.165, 1.54) is 0 Å². The second kappa shape index (κ2) is 11.3. The first-order valence-corrected chi connectivity index (χ1v) is 14.0. The molecule has 0 bridgehead atoms. The molecule has 2 heterocycles. The first-order valence-electron chi connectivity index (χ1n) is 14.0. The van der Waals surface area contributed by atoms with Gasteiger partial charge in [0.15, 0.2) is 7.05 Å². The summed E-state index contributed by atoms with van der Waals surface area (Å²) in [7, 11) is 1.95. The molecule has 0 N–H and O–H groups in total. The summed E-state index contributed by atoms with van der Waals surface area (Å²) in [5, 5.41) is 0. The predicted molar refractivity (Wildman–Crippen MR) is 167 cm³/mol. The molecule has 1 aliphatic heterocycles. The van der Waals surface area contributed by atoms with Gasteiger partial charge in [-0.25, -0.2) is 0 Å². The molecule has 0 atom stereocenters. The maximum atomic E-state index is 6.34. The average Bonchev–Trinajstić information content (AvgIpc) is 3.43. The first-order chi connectivity index (χ1) is 20.3. The van der Waals surface area contributed by atoms with E-state index in [2.05, 4.69) is 57.1 Å². The summed E-state index contributed by atoms with van der Waals surface area (Å²) in [6, 6.07) is 39.5. The summed E-state index contributed by atoms with van der Waals surface area (Å²) in [6.07, 6.45) is 5.81. The number of hydrogen-bond acceptors (Lipinski definition) is 3. The third-order valence-electron chi connectivity index (χ3n) is 6.97. The van der Waals surface area contributed by atoms with E-state index in [-0.39, 0.29) is 5.41 Å². The Hall–Kier alpha value is -5.25. The number of benzene rings is 4. The molecular weight excluding hydrogens is 518 g/mol. The zero-order valence-corrected chi connectivity index (χ0v) is 24.3. The van der Waals surface area contributed by atoms with Gasteiger partial charge < -0.3 is 9.47 Å². The van der Waals surface area contributed by atoms with Crippen molar-refractivity contribution in [3.8, 4) is 45.4 Å². The van der Waals surface area contributed by atoms with E-state index in [1.807, 2.05) is 114 Å². The van der Waals surface area contributed by atoms with Gasteiger partial charge in [0, 0.05) is 17.8 Å². The summed E-state index contributed by atoms with van der Waals surface area (Å²) in [6.45, 7) is 6.68. The molecule has 5 heteroatoms. The minimum atomic E-state index is -0.177. The van der Waals surface area contributed by atoms with Crippen LogP contribution in [-0.4, -0.2) is 27.2 Å². The third kappa shape index (κ3) is 5.92. The molecular formula is C37H33N3O2+2. The van der Waals surface area contributed by atoms with Crippen LogP contribution in [0.1, 0.15) is 26.3 Å². The lowest BCUT2D eigenvalue weighted by molar-refractivity contribution is -0.429. The minimum Gasteiger partial charge on any atom is -0.457 e.